The Kier molecular flexibility index (Phi) is 3.80. The average Bonchev–Trinajstić information content (AvgIpc) is 2.76. The van der Waals surface area contributed by atoms with Crippen LogP contribution in [0.25, 0.3) is 11.3 Å². The Morgan fingerprint density at radius 3 is 2.53 bits per heavy atom. The molecule has 1 heterocycles. The average molecular weight is 271 g/mol. The molecule has 6 heteroatoms. The highest BCUT2D eigenvalue weighted by molar-refractivity contribution is 5.65. The van der Waals surface area contributed by atoms with Crippen LogP contribution < -0.4 is 10.5 Å². The number of halogens is 3. The molecule has 0 fully saturated rings. The molecule has 19 heavy (non-hydrogen) atoms. The molecular formula is C13H12F3NO2. The molecular weight excluding hydrogens is 259 g/mol. The van der Waals surface area contributed by atoms with E-state index < -0.39 is 6.36 Å². The SMILES string of the molecule is NCCc1ccc(-c2ccccc2OC(F)(F)F)o1. The zero-order valence-electron chi connectivity index (χ0n) is 9.91. The first kappa shape index (κ1) is 13.5. The van der Waals surface area contributed by atoms with Crippen LogP contribution in [0, 0.1) is 0 Å². The van der Waals surface area contributed by atoms with Gasteiger partial charge in [-0.1, -0.05) is 12.1 Å². The summed E-state index contributed by atoms with van der Waals surface area (Å²) < 4.78 is 46.3. The normalized spacial score (nSPS) is 11.6. The lowest BCUT2D eigenvalue weighted by Gasteiger charge is -2.11. The summed E-state index contributed by atoms with van der Waals surface area (Å²) in [4.78, 5) is 0. The molecule has 2 rings (SSSR count). The van der Waals surface area contributed by atoms with Gasteiger partial charge in [0.25, 0.3) is 0 Å². The molecule has 0 aliphatic carbocycles. The molecule has 1 aromatic carbocycles. The fourth-order valence-corrected chi connectivity index (χ4v) is 1.68. The predicted molar refractivity (Wildman–Crippen MR) is 63.6 cm³/mol. The molecule has 0 spiro atoms. The summed E-state index contributed by atoms with van der Waals surface area (Å²) >= 11 is 0. The molecule has 102 valence electrons. The highest BCUT2D eigenvalue weighted by atomic mass is 19.4. The largest absolute Gasteiger partial charge is 0.573 e. The van der Waals surface area contributed by atoms with Crippen molar-refractivity contribution in [2.75, 3.05) is 6.54 Å². The molecule has 0 saturated heterocycles. The number of benzene rings is 1. The molecule has 0 bridgehead atoms. The molecule has 0 amide bonds. The van der Waals surface area contributed by atoms with Gasteiger partial charge in [0.15, 0.2) is 0 Å². The Bertz CT molecular complexity index is 549. The third kappa shape index (κ3) is 3.51. The van der Waals surface area contributed by atoms with Crippen LogP contribution in [0.5, 0.6) is 5.75 Å². The molecule has 0 aliphatic heterocycles. The van der Waals surface area contributed by atoms with Gasteiger partial charge in [0, 0.05) is 6.42 Å². The van der Waals surface area contributed by atoms with E-state index in [0.29, 0.717) is 24.5 Å². The minimum absolute atomic E-state index is 0.253. The van der Waals surface area contributed by atoms with Crippen molar-refractivity contribution in [2.24, 2.45) is 5.73 Å². The maximum atomic E-state index is 12.3. The maximum Gasteiger partial charge on any atom is 0.573 e. The van der Waals surface area contributed by atoms with Crippen molar-refractivity contribution >= 4 is 0 Å². The predicted octanol–water partition coefficient (Wildman–Crippen LogP) is 3.35. The van der Waals surface area contributed by atoms with Gasteiger partial charge in [-0.2, -0.15) is 0 Å². The van der Waals surface area contributed by atoms with Crippen LogP contribution in [0.1, 0.15) is 5.76 Å². The minimum atomic E-state index is -4.73. The first-order valence-electron chi connectivity index (χ1n) is 5.63. The lowest BCUT2D eigenvalue weighted by Crippen LogP contribution is -2.17. The number of furan rings is 1. The third-order valence-electron chi connectivity index (χ3n) is 2.43. The lowest BCUT2D eigenvalue weighted by atomic mass is 10.1. The molecule has 2 N–H and O–H groups in total. The van der Waals surface area contributed by atoms with Gasteiger partial charge < -0.3 is 14.9 Å². The number of rotatable bonds is 4. The Balaban J connectivity index is 2.32. The Hall–Kier alpha value is -1.95. The quantitative estimate of drug-likeness (QED) is 0.927. The van der Waals surface area contributed by atoms with Crippen molar-refractivity contribution in [2.45, 2.75) is 12.8 Å². The van der Waals surface area contributed by atoms with Crippen LogP contribution in [0.3, 0.4) is 0 Å². The second kappa shape index (κ2) is 5.36. The monoisotopic (exact) mass is 271 g/mol. The van der Waals surface area contributed by atoms with Crippen LogP contribution in [0.2, 0.25) is 0 Å². The number of nitrogens with two attached hydrogens (primary N) is 1. The fraction of sp³-hybridized carbons (Fsp3) is 0.231. The van der Waals surface area contributed by atoms with E-state index in [1.165, 1.54) is 18.2 Å². The molecule has 0 radical (unpaired) electrons. The summed E-state index contributed by atoms with van der Waals surface area (Å²) in [6, 6.07) is 9.12. The van der Waals surface area contributed by atoms with Gasteiger partial charge >= 0.3 is 6.36 Å². The van der Waals surface area contributed by atoms with Gasteiger partial charge in [0.2, 0.25) is 0 Å². The zero-order chi connectivity index (χ0) is 13.9. The summed E-state index contributed by atoms with van der Waals surface area (Å²) in [6.45, 7) is 0.410. The molecule has 2 aromatic rings. The summed E-state index contributed by atoms with van der Waals surface area (Å²) in [5.74, 6) is 0.659. The van der Waals surface area contributed by atoms with E-state index in [2.05, 4.69) is 4.74 Å². The fourth-order valence-electron chi connectivity index (χ4n) is 1.68. The smallest absolute Gasteiger partial charge is 0.461 e. The van der Waals surface area contributed by atoms with Crippen molar-refractivity contribution in [3.63, 3.8) is 0 Å². The van der Waals surface area contributed by atoms with Crippen LogP contribution in [-0.4, -0.2) is 12.9 Å². The number of hydrogen-bond donors (Lipinski definition) is 1. The molecule has 1 aromatic heterocycles. The van der Waals surface area contributed by atoms with Crippen molar-refractivity contribution in [3.05, 3.63) is 42.2 Å². The van der Waals surface area contributed by atoms with Gasteiger partial charge in [-0.25, -0.2) is 0 Å². The second-order valence-electron chi connectivity index (χ2n) is 3.85. The summed E-state index contributed by atoms with van der Waals surface area (Å²) in [5.41, 5.74) is 5.64. The summed E-state index contributed by atoms with van der Waals surface area (Å²) in [7, 11) is 0. The van der Waals surface area contributed by atoms with E-state index in [-0.39, 0.29) is 11.3 Å². The van der Waals surface area contributed by atoms with Crippen molar-refractivity contribution in [3.8, 4) is 17.1 Å². The zero-order valence-corrected chi connectivity index (χ0v) is 9.91. The van der Waals surface area contributed by atoms with Crippen molar-refractivity contribution < 1.29 is 22.3 Å². The van der Waals surface area contributed by atoms with Crippen LogP contribution in [-0.2, 0) is 6.42 Å². The molecule has 0 aliphatic rings. The molecule has 3 nitrogen and oxygen atoms in total. The number of para-hydroxylation sites is 1. The van der Waals surface area contributed by atoms with Crippen molar-refractivity contribution in [1.29, 1.82) is 0 Å². The van der Waals surface area contributed by atoms with Crippen LogP contribution >= 0.6 is 0 Å². The summed E-state index contributed by atoms with van der Waals surface area (Å²) in [5, 5.41) is 0. The van der Waals surface area contributed by atoms with Gasteiger partial charge in [0.05, 0.1) is 5.56 Å². The summed E-state index contributed by atoms with van der Waals surface area (Å²) in [6.07, 6.45) is -4.20. The highest BCUT2D eigenvalue weighted by Gasteiger charge is 2.32. The third-order valence-corrected chi connectivity index (χ3v) is 2.43. The number of alkyl halides is 3. The lowest BCUT2D eigenvalue weighted by molar-refractivity contribution is -0.274. The van der Waals surface area contributed by atoms with E-state index in [0.717, 1.165) is 0 Å². The highest BCUT2D eigenvalue weighted by Crippen LogP contribution is 2.34. The van der Waals surface area contributed by atoms with E-state index >= 15 is 0 Å². The van der Waals surface area contributed by atoms with Crippen molar-refractivity contribution in [1.82, 2.24) is 0 Å². The maximum absolute atomic E-state index is 12.3. The van der Waals surface area contributed by atoms with Crippen LogP contribution in [0.15, 0.2) is 40.8 Å². The Morgan fingerprint density at radius 1 is 1.11 bits per heavy atom. The molecule has 0 saturated carbocycles. The minimum Gasteiger partial charge on any atom is -0.461 e. The van der Waals surface area contributed by atoms with Gasteiger partial charge in [0.1, 0.15) is 17.3 Å². The van der Waals surface area contributed by atoms with Gasteiger partial charge in [-0.3, -0.25) is 0 Å². The number of ether oxygens (including phenoxy) is 1. The Morgan fingerprint density at radius 2 is 1.84 bits per heavy atom. The Labute approximate surface area is 107 Å². The number of hydrogen-bond acceptors (Lipinski definition) is 3. The molecule has 0 unspecified atom stereocenters. The van der Waals surface area contributed by atoms with Crippen LogP contribution in [0.4, 0.5) is 13.2 Å². The van der Waals surface area contributed by atoms with Gasteiger partial charge in [-0.15, -0.1) is 13.2 Å². The first-order chi connectivity index (χ1) is 8.99. The topological polar surface area (TPSA) is 48.4 Å². The van der Waals surface area contributed by atoms with E-state index in [1.807, 2.05) is 0 Å². The van der Waals surface area contributed by atoms with Gasteiger partial charge in [-0.05, 0) is 30.8 Å². The van der Waals surface area contributed by atoms with E-state index in [9.17, 15) is 13.2 Å². The standard InChI is InChI=1S/C13H12F3NO2/c14-13(15,16)19-12-4-2-1-3-10(12)11-6-5-9(18-11)7-8-17/h1-6H,7-8,17H2. The first-order valence-corrected chi connectivity index (χ1v) is 5.63. The molecule has 0 atom stereocenters. The van der Waals surface area contributed by atoms with E-state index in [1.54, 1.807) is 18.2 Å². The second-order valence-corrected chi connectivity index (χ2v) is 3.85. The van der Waals surface area contributed by atoms with E-state index in [4.69, 9.17) is 10.2 Å².